The van der Waals surface area contributed by atoms with E-state index in [0.29, 0.717) is 11.3 Å². The molecule has 114 valence electrons. The van der Waals surface area contributed by atoms with Gasteiger partial charge in [-0.25, -0.2) is 13.1 Å². The van der Waals surface area contributed by atoms with Crippen LogP contribution >= 0.6 is 11.8 Å². The number of nitrogens with one attached hydrogen (secondary N) is 1. The summed E-state index contributed by atoms with van der Waals surface area (Å²) in [4.78, 5) is 0.215. The lowest BCUT2D eigenvalue weighted by Crippen LogP contribution is -2.34. The number of rotatable bonds is 7. The van der Waals surface area contributed by atoms with Crippen LogP contribution in [0.1, 0.15) is 31.4 Å². The molecule has 0 aliphatic rings. The second kappa shape index (κ2) is 7.33. The van der Waals surface area contributed by atoms with Gasteiger partial charge < -0.3 is 5.73 Å². The first-order valence-electron chi connectivity index (χ1n) is 6.75. The van der Waals surface area contributed by atoms with Crippen LogP contribution in [0.15, 0.2) is 17.0 Å². The number of aryl methyl sites for hydroxylation is 1. The number of nitrogens with two attached hydrogens (primary N) is 1. The highest BCUT2D eigenvalue weighted by atomic mass is 32.2. The standard InChI is InChI=1S/C14H24N2O2S2/c1-5-19-9-8-11(3)16-20(17,18)14-12(4)10(2)6-7-13(14)15/h6-7,11,16H,5,8-9,15H2,1-4H3. The van der Waals surface area contributed by atoms with Gasteiger partial charge in [0, 0.05) is 6.04 Å². The topological polar surface area (TPSA) is 72.2 Å². The molecule has 1 rings (SSSR count). The van der Waals surface area contributed by atoms with Crippen molar-refractivity contribution in [1.29, 1.82) is 0 Å². The van der Waals surface area contributed by atoms with Gasteiger partial charge in [0.2, 0.25) is 10.0 Å². The normalized spacial score (nSPS) is 13.4. The molecule has 20 heavy (non-hydrogen) atoms. The van der Waals surface area contributed by atoms with Gasteiger partial charge in [-0.15, -0.1) is 0 Å². The summed E-state index contributed by atoms with van der Waals surface area (Å²) < 4.78 is 27.7. The zero-order chi connectivity index (χ0) is 15.3. The Morgan fingerprint density at radius 3 is 2.60 bits per heavy atom. The van der Waals surface area contributed by atoms with E-state index in [4.69, 9.17) is 5.73 Å². The van der Waals surface area contributed by atoms with Crippen molar-refractivity contribution in [2.75, 3.05) is 17.2 Å². The van der Waals surface area contributed by atoms with Gasteiger partial charge in [0.15, 0.2) is 0 Å². The van der Waals surface area contributed by atoms with Crippen LogP contribution in [0.2, 0.25) is 0 Å². The summed E-state index contributed by atoms with van der Waals surface area (Å²) in [5.41, 5.74) is 7.79. The Hall–Kier alpha value is -0.720. The third kappa shape index (κ3) is 4.40. The highest BCUT2D eigenvalue weighted by molar-refractivity contribution is 7.99. The fraction of sp³-hybridized carbons (Fsp3) is 0.571. The molecule has 0 amide bonds. The van der Waals surface area contributed by atoms with Gasteiger partial charge in [-0.1, -0.05) is 13.0 Å². The van der Waals surface area contributed by atoms with Crippen molar-refractivity contribution in [3.05, 3.63) is 23.3 Å². The average Bonchev–Trinajstić information content (AvgIpc) is 2.33. The molecule has 0 heterocycles. The number of hydrogen-bond acceptors (Lipinski definition) is 4. The SMILES string of the molecule is CCSCCC(C)NS(=O)(=O)c1c(N)ccc(C)c1C. The van der Waals surface area contributed by atoms with Crippen LogP contribution < -0.4 is 10.5 Å². The third-order valence-electron chi connectivity index (χ3n) is 3.23. The minimum absolute atomic E-state index is 0.0987. The Labute approximate surface area is 126 Å². The lowest BCUT2D eigenvalue weighted by molar-refractivity contribution is 0.557. The number of benzene rings is 1. The Kier molecular flexibility index (Phi) is 6.36. The van der Waals surface area contributed by atoms with Crippen LogP contribution in [0, 0.1) is 13.8 Å². The molecular weight excluding hydrogens is 292 g/mol. The third-order valence-corrected chi connectivity index (χ3v) is 5.96. The number of thioether (sulfide) groups is 1. The summed E-state index contributed by atoms with van der Waals surface area (Å²) in [5, 5.41) is 0. The molecule has 0 fully saturated rings. The summed E-state index contributed by atoms with van der Waals surface area (Å²) in [6.45, 7) is 7.65. The van der Waals surface area contributed by atoms with Crippen LogP contribution in [0.4, 0.5) is 5.69 Å². The molecule has 4 nitrogen and oxygen atoms in total. The first-order valence-corrected chi connectivity index (χ1v) is 9.39. The van der Waals surface area contributed by atoms with E-state index >= 15 is 0 Å². The molecule has 1 unspecified atom stereocenters. The fourth-order valence-electron chi connectivity index (χ4n) is 1.95. The lowest BCUT2D eigenvalue weighted by atomic mass is 10.1. The Bertz CT molecular complexity index is 557. The predicted octanol–water partition coefficient (Wildman–Crippen LogP) is 2.70. The first-order chi connectivity index (χ1) is 9.29. The summed E-state index contributed by atoms with van der Waals surface area (Å²) >= 11 is 1.81. The zero-order valence-corrected chi connectivity index (χ0v) is 14.2. The first kappa shape index (κ1) is 17.3. The molecule has 1 aromatic rings. The second-order valence-electron chi connectivity index (χ2n) is 4.93. The van der Waals surface area contributed by atoms with Gasteiger partial charge in [-0.3, -0.25) is 0 Å². The largest absolute Gasteiger partial charge is 0.398 e. The molecule has 0 aromatic heterocycles. The van der Waals surface area contributed by atoms with E-state index in [2.05, 4.69) is 11.6 Å². The van der Waals surface area contributed by atoms with Crippen molar-refractivity contribution >= 4 is 27.5 Å². The number of sulfonamides is 1. The van der Waals surface area contributed by atoms with Gasteiger partial charge in [-0.05, 0) is 55.9 Å². The minimum atomic E-state index is -3.56. The smallest absolute Gasteiger partial charge is 0.243 e. The number of hydrogen-bond donors (Lipinski definition) is 2. The molecule has 0 saturated carbocycles. The molecule has 3 N–H and O–H groups in total. The van der Waals surface area contributed by atoms with Gasteiger partial charge in [0.25, 0.3) is 0 Å². The van der Waals surface area contributed by atoms with Crippen molar-refractivity contribution in [1.82, 2.24) is 4.72 Å². The molecule has 0 spiro atoms. The maximum atomic E-state index is 12.5. The minimum Gasteiger partial charge on any atom is -0.398 e. The van der Waals surface area contributed by atoms with Crippen LogP contribution in [0.5, 0.6) is 0 Å². The quantitative estimate of drug-likeness (QED) is 0.599. The van der Waals surface area contributed by atoms with Crippen molar-refractivity contribution in [2.45, 2.75) is 45.1 Å². The Morgan fingerprint density at radius 2 is 2.00 bits per heavy atom. The molecular formula is C14H24N2O2S2. The number of nitrogen functional groups attached to an aromatic ring is 1. The molecule has 0 radical (unpaired) electrons. The van der Waals surface area contributed by atoms with Crippen LogP contribution in [-0.2, 0) is 10.0 Å². The van der Waals surface area contributed by atoms with Gasteiger partial charge in [0.05, 0.1) is 5.69 Å². The summed E-state index contributed by atoms with van der Waals surface area (Å²) in [6.07, 6.45) is 0.808. The second-order valence-corrected chi connectivity index (χ2v) is 7.98. The maximum absolute atomic E-state index is 12.5. The van der Waals surface area contributed by atoms with Crippen LogP contribution in [-0.4, -0.2) is 26.0 Å². The average molecular weight is 316 g/mol. The van der Waals surface area contributed by atoms with E-state index in [-0.39, 0.29) is 10.9 Å². The molecule has 6 heteroatoms. The van der Waals surface area contributed by atoms with Gasteiger partial charge in [-0.2, -0.15) is 11.8 Å². The summed E-state index contributed by atoms with van der Waals surface area (Å²) in [5.74, 6) is 1.99. The predicted molar refractivity (Wildman–Crippen MR) is 87.7 cm³/mol. The Morgan fingerprint density at radius 1 is 1.35 bits per heavy atom. The number of anilines is 1. The highest BCUT2D eigenvalue weighted by Gasteiger charge is 2.22. The Balaban J connectivity index is 2.92. The van der Waals surface area contributed by atoms with Crippen molar-refractivity contribution in [2.24, 2.45) is 0 Å². The lowest BCUT2D eigenvalue weighted by Gasteiger charge is -2.17. The highest BCUT2D eigenvalue weighted by Crippen LogP contribution is 2.25. The molecule has 0 bridgehead atoms. The molecule has 0 saturated heterocycles. The van der Waals surface area contributed by atoms with E-state index in [1.165, 1.54) is 0 Å². The van der Waals surface area contributed by atoms with Crippen LogP contribution in [0.25, 0.3) is 0 Å². The zero-order valence-electron chi connectivity index (χ0n) is 12.6. The molecule has 1 aromatic carbocycles. The molecule has 0 aliphatic heterocycles. The van der Waals surface area contributed by atoms with E-state index in [0.717, 1.165) is 23.5 Å². The summed E-state index contributed by atoms with van der Waals surface area (Å²) in [7, 11) is -3.56. The van der Waals surface area contributed by atoms with Crippen molar-refractivity contribution < 1.29 is 8.42 Å². The maximum Gasteiger partial charge on any atom is 0.243 e. The van der Waals surface area contributed by atoms with Gasteiger partial charge >= 0.3 is 0 Å². The fourth-order valence-corrected chi connectivity index (χ4v) is 4.47. The van der Waals surface area contributed by atoms with Crippen molar-refractivity contribution in [3.8, 4) is 0 Å². The monoisotopic (exact) mass is 316 g/mol. The summed E-state index contributed by atoms with van der Waals surface area (Å²) in [6, 6.07) is 3.39. The van der Waals surface area contributed by atoms with E-state index in [9.17, 15) is 8.42 Å². The molecule has 0 aliphatic carbocycles. The van der Waals surface area contributed by atoms with E-state index in [1.54, 1.807) is 13.0 Å². The molecule has 1 atom stereocenters. The van der Waals surface area contributed by atoms with E-state index < -0.39 is 10.0 Å². The van der Waals surface area contributed by atoms with Crippen molar-refractivity contribution in [3.63, 3.8) is 0 Å². The van der Waals surface area contributed by atoms with Gasteiger partial charge in [0.1, 0.15) is 4.90 Å². The van der Waals surface area contributed by atoms with Crippen LogP contribution in [0.3, 0.4) is 0 Å². The van der Waals surface area contributed by atoms with E-state index in [1.807, 2.05) is 31.7 Å².